The van der Waals surface area contributed by atoms with Crippen molar-refractivity contribution in [3.05, 3.63) is 182 Å². The van der Waals surface area contributed by atoms with Crippen molar-refractivity contribution in [2.24, 2.45) is 0 Å². The second kappa shape index (κ2) is 31.6. The first kappa shape index (κ1) is 91.5. The van der Waals surface area contributed by atoms with E-state index in [-0.39, 0.29) is 48.8 Å². The molecule has 0 fully saturated rings. The van der Waals surface area contributed by atoms with Crippen LogP contribution in [0, 0.1) is 18.8 Å². The number of hydrogen-bond acceptors (Lipinski definition) is 2. The molecule has 1 nitrogen and oxygen atoms in total. The topological polar surface area (TPSA) is 23.8 Å². The van der Waals surface area contributed by atoms with E-state index in [1.807, 2.05) is 0 Å². The monoisotopic (exact) mass is 1590 g/mol. The first-order chi connectivity index (χ1) is 44.1. The van der Waals surface area contributed by atoms with Crippen LogP contribution >= 0.6 is 20.0 Å². The molecule has 0 aromatic heterocycles. The number of hydrogen-bond donors (Lipinski definition) is 0. The average molecular weight is 1590 g/mol. The van der Waals surface area contributed by atoms with Crippen LogP contribution in [-0.4, -0.2) is 16.7 Å². The van der Waals surface area contributed by atoms with Crippen LogP contribution in [0.4, 0.5) is 105 Å². The van der Waals surface area contributed by atoms with E-state index in [0.29, 0.717) is 17.8 Å². The summed E-state index contributed by atoms with van der Waals surface area (Å²) in [4.78, 5) is 1.50. The van der Waals surface area contributed by atoms with E-state index in [0.717, 1.165) is 0 Å². The van der Waals surface area contributed by atoms with Crippen molar-refractivity contribution in [1.82, 2.24) is 0 Å². The van der Waals surface area contributed by atoms with Gasteiger partial charge in [0.05, 0.1) is 50.6 Å². The summed E-state index contributed by atoms with van der Waals surface area (Å²) >= 11 is 2.07. The molecule has 0 saturated heterocycles. The van der Waals surface area contributed by atoms with E-state index >= 15 is 0 Å². The van der Waals surface area contributed by atoms with Gasteiger partial charge in [-0.1, -0.05) is 185 Å². The van der Waals surface area contributed by atoms with Crippen molar-refractivity contribution in [1.29, 1.82) is 5.26 Å². The third kappa shape index (κ3) is 22.9. The van der Waals surface area contributed by atoms with E-state index < -0.39 is 195 Å². The summed E-state index contributed by atoms with van der Waals surface area (Å²) in [5, 5.41) is 8.82. The molecule has 0 N–H and O–H groups in total. The van der Waals surface area contributed by atoms with Gasteiger partial charge in [-0.05, 0) is 111 Å². The Bertz CT molecular complexity index is 3430. The molecule has 0 aliphatic heterocycles. The van der Waals surface area contributed by atoms with E-state index in [9.17, 15) is 105 Å². The molecule has 0 amide bonds. The van der Waals surface area contributed by atoms with Gasteiger partial charge in [0.2, 0.25) is 0 Å². The second-order valence-corrected chi connectivity index (χ2v) is 31.2. The number of alkyl halides is 24. The van der Waals surface area contributed by atoms with Gasteiger partial charge < -0.3 is 7.43 Å². The van der Waals surface area contributed by atoms with Gasteiger partial charge in [0.15, 0.2) is 0 Å². The largest absolute Gasteiger partial charge is 2.00 e. The third-order valence-corrected chi connectivity index (χ3v) is 19.0. The fourth-order valence-electron chi connectivity index (χ4n) is 10.9. The van der Waals surface area contributed by atoms with Gasteiger partial charge in [0.1, 0.15) is 6.15 Å². The van der Waals surface area contributed by atoms with Crippen LogP contribution in [0.25, 0.3) is 0 Å². The number of nitriles is 1. The zero-order valence-electron chi connectivity index (χ0n) is 58.3. The van der Waals surface area contributed by atoms with E-state index in [1.54, 1.807) is 6.07 Å². The molecule has 0 unspecified atom stereocenters. The Morgan fingerprint density at radius 2 is 0.574 bits per heavy atom. The molecule has 0 aliphatic carbocycles. The summed E-state index contributed by atoms with van der Waals surface area (Å²) in [6, 6.07) is 2.92. The maximum absolute atomic E-state index is 14.2. The zero-order valence-corrected chi connectivity index (χ0v) is 61.6. The van der Waals surface area contributed by atoms with Crippen LogP contribution in [0.15, 0.2) is 102 Å². The van der Waals surface area contributed by atoms with Gasteiger partial charge in [0.25, 0.3) is 0 Å². The minimum Gasteiger partial charge on any atom is -0.358 e. The second-order valence-electron chi connectivity index (χ2n) is 28.6. The van der Waals surface area contributed by atoms with Gasteiger partial charge in [0, 0.05) is 21.9 Å². The van der Waals surface area contributed by atoms with Crippen molar-refractivity contribution in [3.8, 4) is 6.07 Å². The van der Waals surface area contributed by atoms with Gasteiger partial charge in [-0.2, -0.15) is 132 Å². The Morgan fingerprint density at radius 1 is 0.356 bits per heavy atom. The van der Waals surface area contributed by atoms with Crippen LogP contribution in [0.2, 0.25) is 0 Å². The standard InChI is InChI=1S/C37H59PS.C32H12BF24.C2H3N.CH3.Pd/c1-23(2)26-18-28(24(3)4)33(29(19-26)25(5)6)39-37(16,17)22-38-32-30(35(10,11)12)20-27(34(7,8)9)21-31(32)36(13,14)15;34-25(35,36)13-1-14(26(37,38)39)6-21(5-13)33(22-7-15(27(40,41)42)2-16(8-22)28(43,44)45,23-9-17(29(46,47)48)3-18(10-23)30(49,50)51)24-11-19(31(52,53)54)4-20(12-24)32(55,56)57;1-2-3;;/h18-25H,1-17H3;1-12H;1H3;1H3;/q;-1;;-1;+2. The maximum Gasteiger partial charge on any atom is 2.00 e. The van der Waals surface area contributed by atoms with Gasteiger partial charge in [-0.15, -0.1) is 11.8 Å². The van der Waals surface area contributed by atoms with Crippen LogP contribution in [0.5, 0.6) is 0 Å². The number of benzene rings is 6. The molecular weight excluding hydrogens is 1520 g/mol. The molecule has 562 valence electrons. The van der Waals surface area contributed by atoms with Crippen LogP contribution in [0.3, 0.4) is 0 Å². The molecule has 0 aliphatic rings. The molecule has 0 heterocycles. The fraction of sp³-hybridized carbons (Fsp3) is 0.458. The molecule has 29 heteroatoms. The Balaban J connectivity index is 0.000000690. The van der Waals surface area contributed by atoms with Crippen molar-refractivity contribution in [3.63, 3.8) is 0 Å². The summed E-state index contributed by atoms with van der Waals surface area (Å²) < 4.78 is 341. The first-order valence-electron chi connectivity index (χ1n) is 30.4. The molecule has 6 aromatic carbocycles. The van der Waals surface area contributed by atoms with Crippen molar-refractivity contribution >= 4 is 59.1 Å². The quantitative estimate of drug-likeness (QED) is 0.0424. The molecule has 0 radical (unpaired) electrons. The van der Waals surface area contributed by atoms with E-state index in [1.165, 1.54) is 58.7 Å². The molecule has 0 bridgehead atoms. The molecular formula is C72H77BF24NPPdS. The Morgan fingerprint density at radius 3 is 0.743 bits per heavy atom. The van der Waals surface area contributed by atoms with Crippen LogP contribution in [-0.2, 0) is 86.1 Å². The van der Waals surface area contributed by atoms with Gasteiger partial charge >= 0.3 is 69.8 Å². The van der Waals surface area contributed by atoms with Crippen LogP contribution < -0.4 is 27.2 Å². The molecule has 6 rings (SSSR count). The minimum absolute atomic E-state index is 0. The summed E-state index contributed by atoms with van der Waals surface area (Å²) in [5.41, 5.74) is -21.0. The summed E-state index contributed by atoms with van der Waals surface area (Å²) in [5.74, 6) is 4.11. The molecule has 101 heavy (non-hydrogen) atoms. The van der Waals surface area contributed by atoms with Crippen molar-refractivity contribution in [2.45, 2.75) is 218 Å². The zero-order chi connectivity index (χ0) is 76.9. The summed E-state index contributed by atoms with van der Waals surface area (Å²) in [6.45, 7) is 41.6. The molecule has 0 atom stereocenters. The average Bonchev–Trinajstić information content (AvgIpc) is 0.708. The van der Waals surface area contributed by atoms with E-state index in [4.69, 9.17) is 5.26 Å². The number of halogens is 24. The summed E-state index contributed by atoms with van der Waals surface area (Å²) in [6.07, 6.45) is -54.8. The number of thioether (sulfide) groups is 1. The molecule has 6 aromatic rings. The van der Waals surface area contributed by atoms with Crippen molar-refractivity contribution < 1.29 is 126 Å². The van der Waals surface area contributed by atoms with Crippen LogP contribution in [0.1, 0.15) is 220 Å². The normalized spacial score (nSPS) is 13.5. The number of nitrogens with zero attached hydrogens (tertiary/aromatic N) is 1. The smallest absolute Gasteiger partial charge is 0.358 e. The van der Waals surface area contributed by atoms with Gasteiger partial charge in [-0.25, -0.2) is 0 Å². The SMILES string of the molecule is CC#N.CC(C)c1cc(C(C)C)c(SC(C)(C)C=Pc2c(C(C)(C)C)cc(C(C)(C)C)cc2C(C)(C)C)c(C(C)C)c1.FC(F)(F)c1cc([B-](c2cc(C(F)(F)F)cc(C(F)(F)F)c2)(c2cc(C(F)(F)F)cc(C(F)(F)F)c2)c2cc(C(F)(F)F)cc(C(F)(F)F)c2)cc(C(F)(F)F)c1.[CH3-].[Pd+2]. The number of rotatable bonds is 11. The van der Waals surface area contributed by atoms with Crippen molar-refractivity contribution in [2.75, 3.05) is 0 Å². The fourth-order valence-corrected chi connectivity index (χ4v) is 14.2. The van der Waals surface area contributed by atoms with E-state index in [2.05, 4.69) is 160 Å². The predicted octanol–water partition coefficient (Wildman–Crippen LogP) is 24.1. The minimum atomic E-state index is -6.13. The Labute approximate surface area is 593 Å². The molecule has 0 spiro atoms. The maximum atomic E-state index is 14.2. The summed E-state index contributed by atoms with van der Waals surface area (Å²) in [7, 11) is 1.31. The third-order valence-electron chi connectivity index (χ3n) is 16.0. The predicted molar refractivity (Wildman–Crippen MR) is 352 cm³/mol. The first-order valence-corrected chi connectivity index (χ1v) is 32.2. The Kier molecular flexibility index (Phi) is 28.6. The Hall–Kier alpha value is -5.62. The molecule has 0 saturated carbocycles. The van der Waals surface area contributed by atoms with Gasteiger partial charge in [-0.3, -0.25) is 0 Å².